The van der Waals surface area contributed by atoms with Crippen molar-refractivity contribution >= 4 is 23.9 Å². The van der Waals surface area contributed by atoms with Crippen LogP contribution < -0.4 is 0 Å². The van der Waals surface area contributed by atoms with E-state index in [9.17, 15) is 19.2 Å². The highest BCUT2D eigenvalue weighted by Gasteiger charge is 2.34. The largest absolute Gasteiger partial charge is 0.389 e. The lowest BCUT2D eigenvalue weighted by atomic mass is 9.96. The number of rotatable bonds is 0. The Balaban J connectivity index is 2.25. The molecule has 0 N–H and O–H groups in total. The zero-order valence-electron chi connectivity index (χ0n) is 8.31. The fourth-order valence-corrected chi connectivity index (χ4v) is 1.86. The second kappa shape index (κ2) is 3.00. The van der Waals surface area contributed by atoms with Crippen molar-refractivity contribution in [3.63, 3.8) is 0 Å². The van der Waals surface area contributed by atoms with Crippen molar-refractivity contribution in [2.24, 2.45) is 0 Å². The van der Waals surface area contributed by atoms with Crippen LogP contribution in [-0.4, -0.2) is 23.9 Å². The molecule has 84 valence electrons. The van der Waals surface area contributed by atoms with Crippen molar-refractivity contribution in [2.75, 3.05) is 0 Å². The molecule has 0 saturated carbocycles. The maximum atomic E-state index is 11.4. The van der Waals surface area contributed by atoms with E-state index in [2.05, 4.69) is 9.47 Å². The van der Waals surface area contributed by atoms with Crippen LogP contribution in [0.1, 0.15) is 36.6 Å². The van der Waals surface area contributed by atoms with Crippen LogP contribution in [0.4, 0.5) is 0 Å². The number of carbonyl (C=O) groups excluding carboxylic acids is 4. The van der Waals surface area contributed by atoms with Crippen molar-refractivity contribution < 1.29 is 28.7 Å². The Hall–Kier alpha value is -2.50. The molecule has 1 aromatic rings. The van der Waals surface area contributed by atoms with Gasteiger partial charge in [-0.1, -0.05) is 0 Å². The highest BCUT2D eigenvalue weighted by Crippen LogP contribution is 2.27. The van der Waals surface area contributed by atoms with E-state index >= 15 is 0 Å². The first-order valence-corrected chi connectivity index (χ1v) is 4.74. The lowest BCUT2D eigenvalue weighted by Gasteiger charge is -2.13. The quantitative estimate of drug-likeness (QED) is 0.470. The molecule has 2 aliphatic rings. The van der Waals surface area contributed by atoms with E-state index in [0.717, 1.165) is 0 Å². The molecule has 0 spiro atoms. The van der Waals surface area contributed by atoms with E-state index in [1.807, 2.05) is 0 Å². The van der Waals surface area contributed by atoms with Crippen LogP contribution in [0.15, 0.2) is 12.1 Å². The molecule has 6 heteroatoms. The predicted molar refractivity (Wildman–Crippen MR) is 50.3 cm³/mol. The predicted octanol–water partition coefficient (Wildman–Crippen LogP) is 0.237. The van der Waals surface area contributed by atoms with E-state index in [1.54, 1.807) is 0 Å². The average molecular weight is 232 g/mol. The summed E-state index contributed by atoms with van der Waals surface area (Å²) in [6.45, 7) is 0. The highest BCUT2D eigenvalue weighted by atomic mass is 16.6. The third kappa shape index (κ3) is 1.27. The number of esters is 4. The number of carbonyl (C=O) groups is 4. The van der Waals surface area contributed by atoms with Crippen molar-refractivity contribution in [1.29, 1.82) is 0 Å². The molecule has 0 unspecified atom stereocenters. The molecule has 3 rings (SSSR count). The molecule has 0 radical (unpaired) electrons. The summed E-state index contributed by atoms with van der Waals surface area (Å²) < 4.78 is 8.82. The molecule has 17 heavy (non-hydrogen) atoms. The van der Waals surface area contributed by atoms with Gasteiger partial charge in [0.05, 0.1) is 23.1 Å². The molecule has 0 fully saturated rings. The van der Waals surface area contributed by atoms with Gasteiger partial charge in [0.15, 0.2) is 0 Å². The van der Waals surface area contributed by atoms with Crippen molar-refractivity contribution in [3.8, 4) is 0 Å². The van der Waals surface area contributed by atoms with E-state index in [0.29, 0.717) is 5.56 Å². The summed E-state index contributed by atoms with van der Waals surface area (Å²) in [4.78, 5) is 45.0. The van der Waals surface area contributed by atoms with E-state index < -0.39 is 23.9 Å². The Morgan fingerprint density at radius 3 is 2.06 bits per heavy atom. The monoisotopic (exact) mass is 232 g/mol. The van der Waals surface area contributed by atoms with Gasteiger partial charge < -0.3 is 9.47 Å². The van der Waals surface area contributed by atoms with Gasteiger partial charge in [-0.05, 0) is 17.7 Å². The zero-order valence-corrected chi connectivity index (χ0v) is 8.31. The number of fused-ring (bicyclic) bond motifs is 2. The molecule has 0 aliphatic carbocycles. The third-order valence-electron chi connectivity index (χ3n) is 2.63. The summed E-state index contributed by atoms with van der Waals surface area (Å²) in [5, 5.41) is 0. The van der Waals surface area contributed by atoms with Gasteiger partial charge in [-0.25, -0.2) is 14.4 Å². The van der Waals surface area contributed by atoms with Crippen LogP contribution >= 0.6 is 0 Å². The van der Waals surface area contributed by atoms with E-state index in [1.165, 1.54) is 12.1 Å². The molecule has 2 aliphatic heterocycles. The molecular formula is C11H4O6. The SMILES string of the molecule is O=C1Cc2cc3c(cc2C(=O)O1)C(=O)OC3=O. The molecule has 0 amide bonds. The summed E-state index contributed by atoms with van der Waals surface area (Å²) in [7, 11) is 0. The van der Waals surface area contributed by atoms with Crippen LogP contribution in [0.5, 0.6) is 0 Å². The van der Waals surface area contributed by atoms with Gasteiger partial charge >= 0.3 is 23.9 Å². The van der Waals surface area contributed by atoms with Gasteiger partial charge in [-0.3, -0.25) is 4.79 Å². The Bertz CT molecular complexity index is 613. The lowest BCUT2D eigenvalue weighted by molar-refractivity contribution is -0.137. The summed E-state index contributed by atoms with van der Waals surface area (Å²) in [6.07, 6.45) is -0.101. The molecule has 0 aromatic heterocycles. The minimum atomic E-state index is -0.814. The summed E-state index contributed by atoms with van der Waals surface area (Å²) in [5.74, 6) is -3.05. The Morgan fingerprint density at radius 1 is 0.765 bits per heavy atom. The van der Waals surface area contributed by atoms with Crippen molar-refractivity contribution in [3.05, 3.63) is 34.4 Å². The zero-order chi connectivity index (χ0) is 12.2. The first-order chi connectivity index (χ1) is 8.06. The smallest absolute Gasteiger partial charge is 0.346 e. The fraction of sp³-hybridized carbons (Fsp3) is 0.0909. The summed E-state index contributed by atoms with van der Waals surface area (Å²) in [6, 6.07) is 2.56. The van der Waals surface area contributed by atoms with Gasteiger partial charge in [-0.15, -0.1) is 0 Å². The molecule has 2 heterocycles. The van der Waals surface area contributed by atoms with Crippen molar-refractivity contribution in [2.45, 2.75) is 6.42 Å². The average Bonchev–Trinajstić information content (AvgIpc) is 2.52. The summed E-state index contributed by atoms with van der Waals surface area (Å²) in [5.41, 5.74) is 0.600. The van der Waals surface area contributed by atoms with Crippen LogP contribution in [-0.2, 0) is 20.7 Å². The van der Waals surface area contributed by atoms with Crippen LogP contribution in [0.2, 0.25) is 0 Å². The van der Waals surface area contributed by atoms with Gasteiger partial charge in [0.1, 0.15) is 0 Å². The second-order valence-electron chi connectivity index (χ2n) is 3.67. The molecule has 0 atom stereocenters. The molecule has 6 nitrogen and oxygen atoms in total. The molecule has 1 aromatic carbocycles. The Morgan fingerprint density at radius 2 is 1.35 bits per heavy atom. The van der Waals surface area contributed by atoms with Gasteiger partial charge in [0.2, 0.25) is 0 Å². The van der Waals surface area contributed by atoms with E-state index in [-0.39, 0.29) is 23.1 Å². The maximum absolute atomic E-state index is 11.4. The molecule has 0 bridgehead atoms. The molecular weight excluding hydrogens is 228 g/mol. The van der Waals surface area contributed by atoms with Crippen molar-refractivity contribution in [1.82, 2.24) is 0 Å². The van der Waals surface area contributed by atoms with Gasteiger partial charge in [0.25, 0.3) is 0 Å². The number of ether oxygens (including phenoxy) is 2. The van der Waals surface area contributed by atoms with Crippen LogP contribution in [0, 0.1) is 0 Å². The molecule has 0 saturated heterocycles. The number of hydrogen-bond acceptors (Lipinski definition) is 6. The standard InChI is InChI=1S/C11H4O6/c12-8-2-4-1-6-7(11(15)17-10(6)14)3-5(4)9(13)16-8/h1,3H,2H2. The topological polar surface area (TPSA) is 86.7 Å². The number of hydrogen-bond donors (Lipinski definition) is 0. The van der Waals surface area contributed by atoms with Gasteiger partial charge in [-0.2, -0.15) is 0 Å². The maximum Gasteiger partial charge on any atom is 0.346 e. The third-order valence-corrected chi connectivity index (χ3v) is 2.63. The number of benzene rings is 1. The highest BCUT2D eigenvalue weighted by molar-refractivity contribution is 6.16. The minimum Gasteiger partial charge on any atom is -0.389 e. The fourth-order valence-electron chi connectivity index (χ4n) is 1.86. The van der Waals surface area contributed by atoms with E-state index in [4.69, 9.17) is 0 Å². The second-order valence-corrected chi connectivity index (χ2v) is 3.67. The summed E-state index contributed by atoms with van der Waals surface area (Å²) >= 11 is 0. The number of cyclic esters (lactones) is 4. The van der Waals surface area contributed by atoms with Gasteiger partial charge in [0, 0.05) is 0 Å². The first-order valence-electron chi connectivity index (χ1n) is 4.74. The van der Waals surface area contributed by atoms with Crippen LogP contribution in [0.3, 0.4) is 0 Å². The van der Waals surface area contributed by atoms with Crippen LogP contribution in [0.25, 0.3) is 0 Å². The Labute approximate surface area is 94.1 Å². The lowest BCUT2D eigenvalue weighted by Crippen LogP contribution is -2.23. The minimum absolute atomic E-state index is 0.0278. The first kappa shape index (κ1) is 9.71. The Kier molecular flexibility index (Phi) is 1.72. The normalized spacial score (nSPS) is 17.4.